The van der Waals surface area contributed by atoms with Crippen molar-refractivity contribution in [2.45, 2.75) is 12.8 Å². The molecule has 0 atom stereocenters. The zero-order valence-corrected chi connectivity index (χ0v) is 15.1. The van der Waals surface area contributed by atoms with Crippen LogP contribution in [0.15, 0.2) is 42.7 Å². The lowest BCUT2D eigenvalue weighted by Crippen LogP contribution is -2.40. The molecule has 0 saturated carbocycles. The second-order valence-corrected chi connectivity index (χ2v) is 8.07. The molecule has 1 fully saturated rings. The molecular weight excluding hydrogens is 356 g/mol. The summed E-state index contributed by atoms with van der Waals surface area (Å²) >= 11 is 0. The third-order valence-corrected chi connectivity index (χ3v) is 5.47. The van der Waals surface area contributed by atoms with Gasteiger partial charge in [0.1, 0.15) is 5.75 Å². The van der Waals surface area contributed by atoms with Crippen molar-refractivity contribution in [2.75, 3.05) is 24.7 Å². The summed E-state index contributed by atoms with van der Waals surface area (Å²) in [6.45, 7) is 0.752. The minimum atomic E-state index is -3.19. The van der Waals surface area contributed by atoms with Crippen LogP contribution in [0.25, 0.3) is 0 Å². The number of benzene rings is 1. The van der Waals surface area contributed by atoms with E-state index in [0.717, 1.165) is 0 Å². The van der Waals surface area contributed by atoms with Crippen LogP contribution in [0.2, 0.25) is 0 Å². The molecule has 1 aliphatic rings. The second-order valence-electron chi connectivity index (χ2n) is 6.08. The number of nitrogens with one attached hydrogen (secondary N) is 1. The number of sulfonamides is 1. The fourth-order valence-electron chi connectivity index (χ4n) is 2.74. The summed E-state index contributed by atoms with van der Waals surface area (Å²) in [4.78, 5) is 20.3. The fraction of sp³-hybridized carbons (Fsp3) is 0.353. The predicted octanol–water partition coefficient (Wildman–Crippen LogP) is 1.88. The first-order valence-corrected chi connectivity index (χ1v) is 10.1. The van der Waals surface area contributed by atoms with Gasteiger partial charge in [0, 0.05) is 37.1 Å². The quantitative estimate of drug-likeness (QED) is 0.855. The molecule has 0 bridgehead atoms. The molecule has 8 nitrogen and oxygen atoms in total. The molecule has 138 valence electrons. The van der Waals surface area contributed by atoms with E-state index in [1.165, 1.54) is 10.6 Å². The molecule has 0 unspecified atom stereocenters. The Kier molecular flexibility index (Phi) is 5.48. The van der Waals surface area contributed by atoms with Crippen molar-refractivity contribution >= 4 is 21.6 Å². The molecular formula is C17H20N4O4S. The minimum absolute atomic E-state index is 0.0989. The average molecular weight is 376 g/mol. The molecule has 1 aliphatic heterocycles. The summed E-state index contributed by atoms with van der Waals surface area (Å²) in [7, 11) is -3.19. The molecule has 2 heterocycles. The fourth-order valence-corrected chi connectivity index (χ4v) is 3.62. The Hall–Kier alpha value is -2.52. The van der Waals surface area contributed by atoms with Crippen LogP contribution >= 0.6 is 0 Å². The van der Waals surface area contributed by atoms with Crippen molar-refractivity contribution in [1.29, 1.82) is 0 Å². The number of piperidine rings is 1. The maximum Gasteiger partial charge on any atom is 0.321 e. The Morgan fingerprint density at radius 1 is 1.15 bits per heavy atom. The molecule has 0 spiro atoms. The van der Waals surface area contributed by atoms with Gasteiger partial charge in [-0.1, -0.05) is 0 Å². The van der Waals surface area contributed by atoms with Crippen LogP contribution in [-0.2, 0) is 14.8 Å². The van der Waals surface area contributed by atoms with Crippen molar-refractivity contribution in [3.63, 3.8) is 0 Å². The largest absolute Gasteiger partial charge is 0.424 e. The third-order valence-electron chi connectivity index (χ3n) is 4.17. The minimum Gasteiger partial charge on any atom is -0.424 e. The van der Waals surface area contributed by atoms with E-state index < -0.39 is 10.0 Å². The van der Waals surface area contributed by atoms with Gasteiger partial charge < -0.3 is 10.1 Å². The zero-order valence-electron chi connectivity index (χ0n) is 14.3. The number of hydrogen-bond donors (Lipinski definition) is 1. The van der Waals surface area contributed by atoms with Crippen LogP contribution in [0.1, 0.15) is 12.8 Å². The van der Waals surface area contributed by atoms with Gasteiger partial charge in [-0.25, -0.2) is 22.7 Å². The highest BCUT2D eigenvalue weighted by molar-refractivity contribution is 7.88. The first-order chi connectivity index (χ1) is 12.4. The van der Waals surface area contributed by atoms with E-state index in [1.807, 2.05) is 0 Å². The molecule has 1 amide bonds. The van der Waals surface area contributed by atoms with Crippen LogP contribution < -0.4 is 10.1 Å². The summed E-state index contributed by atoms with van der Waals surface area (Å²) in [5.74, 6) is 0.274. The van der Waals surface area contributed by atoms with Gasteiger partial charge in [-0.15, -0.1) is 0 Å². The van der Waals surface area contributed by atoms with E-state index in [2.05, 4.69) is 15.3 Å². The van der Waals surface area contributed by atoms with E-state index in [1.54, 1.807) is 42.7 Å². The normalized spacial score (nSPS) is 16.2. The standard InChI is InChI=1S/C17H20N4O4S/c1-26(23,24)21-11-7-13(8-12-21)16(22)20-14-3-5-15(6-4-14)25-17-18-9-2-10-19-17/h2-6,9-10,13H,7-8,11-12H2,1H3,(H,20,22). The Morgan fingerprint density at radius 2 is 1.77 bits per heavy atom. The van der Waals surface area contributed by atoms with E-state index in [4.69, 9.17) is 4.74 Å². The van der Waals surface area contributed by atoms with Gasteiger partial charge in [0.05, 0.1) is 6.26 Å². The highest BCUT2D eigenvalue weighted by Crippen LogP contribution is 2.23. The number of amides is 1. The molecule has 9 heteroatoms. The van der Waals surface area contributed by atoms with Crippen LogP contribution in [-0.4, -0.2) is 47.9 Å². The first-order valence-electron chi connectivity index (χ1n) is 8.23. The van der Waals surface area contributed by atoms with Gasteiger partial charge in [-0.05, 0) is 43.2 Å². The van der Waals surface area contributed by atoms with Gasteiger partial charge in [-0.2, -0.15) is 0 Å². The number of hydrogen-bond acceptors (Lipinski definition) is 6. The maximum absolute atomic E-state index is 12.4. The van der Waals surface area contributed by atoms with Gasteiger partial charge in [0.2, 0.25) is 15.9 Å². The zero-order chi connectivity index (χ0) is 18.6. The van der Waals surface area contributed by atoms with Crippen molar-refractivity contribution in [3.8, 4) is 11.8 Å². The summed E-state index contributed by atoms with van der Waals surface area (Å²) in [5, 5.41) is 2.86. The smallest absolute Gasteiger partial charge is 0.321 e. The van der Waals surface area contributed by atoms with Gasteiger partial charge in [0.25, 0.3) is 0 Å². The maximum atomic E-state index is 12.4. The van der Waals surface area contributed by atoms with Crippen LogP contribution in [0, 0.1) is 5.92 Å². The van der Waals surface area contributed by atoms with Crippen molar-refractivity contribution in [3.05, 3.63) is 42.7 Å². The lowest BCUT2D eigenvalue weighted by molar-refractivity contribution is -0.120. The highest BCUT2D eigenvalue weighted by Gasteiger charge is 2.28. The summed E-state index contributed by atoms with van der Waals surface area (Å²) < 4.78 is 30.0. The summed E-state index contributed by atoms with van der Waals surface area (Å²) in [5.41, 5.74) is 0.655. The second kappa shape index (κ2) is 7.79. The van der Waals surface area contributed by atoms with Gasteiger partial charge in [0.15, 0.2) is 0 Å². The Morgan fingerprint density at radius 3 is 2.35 bits per heavy atom. The predicted molar refractivity (Wildman–Crippen MR) is 96.3 cm³/mol. The van der Waals surface area contributed by atoms with Crippen molar-refractivity contribution in [2.24, 2.45) is 5.92 Å². The van der Waals surface area contributed by atoms with E-state index in [-0.39, 0.29) is 17.8 Å². The molecule has 1 aromatic carbocycles. The Labute approximate surface area is 152 Å². The third kappa shape index (κ3) is 4.77. The number of carbonyl (C=O) groups is 1. The Balaban J connectivity index is 1.53. The number of rotatable bonds is 5. The lowest BCUT2D eigenvalue weighted by atomic mass is 9.97. The first kappa shape index (κ1) is 18.3. The summed E-state index contributed by atoms with van der Waals surface area (Å²) in [6.07, 6.45) is 5.41. The van der Waals surface area contributed by atoms with E-state index in [9.17, 15) is 13.2 Å². The van der Waals surface area contributed by atoms with Crippen LogP contribution in [0.5, 0.6) is 11.8 Å². The molecule has 1 N–H and O–H groups in total. The molecule has 0 radical (unpaired) electrons. The molecule has 0 aliphatic carbocycles. The van der Waals surface area contributed by atoms with Crippen LogP contribution in [0.4, 0.5) is 5.69 Å². The molecule has 1 saturated heterocycles. The SMILES string of the molecule is CS(=O)(=O)N1CCC(C(=O)Nc2ccc(Oc3ncccn3)cc2)CC1. The number of nitrogens with zero attached hydrogens (tertiary/aromatic N) is 3. The number of aromatic nitrogens is 2. The van der Waals surface area contributed by atoms with Crippen molar-refractivity contribution < 1.29 is 17.9 Å². The average Bonchev–Trinajstić information content (AvgIpc) is 2.63. The molecule has 1 aromatic heterocycles. The molecule has 26 heavy (non-hydrogen) atoms. The molecule has 3 rings (SSSR count). The topological polar surface area (TPSA) is 101 Å². The van der Waals surface area contributed by atoms with Crippen LogP contribution in [0.3, 0.4) is 0 Å². The lowest BCUT2D eigenvalue weighted by Gasteiger charge is -2.29. The Bertz CT molecular complexity index is 848. The van der Waals surface area contributed by atoms with Crippen molar-refractivity contribution in [1.82, 2.24) is 14.3 Å². The number of anilines is 1. The van der Waals surface area contributed by atoms with Gasteiger partial charge >= 0.3 is 6.01 Å². The number of carbonyl (C=O) groups excluding carboxylic acids is 1. The highest BCUT2D eigenvalue weighted by atomic mass is 32.2. The molecule has 2 aromatic rings. The summed E-state index contributed by atoms with van der Waals surface area (Å²) in [6, 6.07) is 8.87. The van der Waals surface area contributed by atoms with Gasteiger partial charge in [-0.3, -0.25) is 4.79 Å². The monoisotopic (exact) mass is 376 g/mol. The van der Waals surface area contributed by atoms with E-state index in [0.29, 0.717) is 37.4 Å². The number of ether oxygens (including phenoxy) is 1. The van der Waals surface area contributed by atoms with E-state index >= 15 is 0 Å².